The van der Waals surface area contributed by atoms with Gasteiger partial charge in [0, 0.05) is 22.4 Å². The number of nitrogens with zero attached hydrogens (tertiary/aromatic N) is 3. The summed E-state index contributed by atoms with van der Waals surface area (Å²) in [6, 6.07) is 6.78. The Kier molecular flexibility index (Phi) is 5.31. The smallest absolute Gasteiger partial charge is 0.222 e. The van der Waals surface area contributed by atoms with Crippen molar-refractivity contribution in [3.05, 3.63) is 30.1 Å². The van der Waals surface area contributed by atoms with Crippen LogP contribution in [0.4, 0.5) is 10.3 Å². The van der Waals surface area contributed by atoms with E-state index in [4.69, 9.17) is 5.73 Å². The SMILES string of the molecule is CC(C)n1c(N)nnc1SCCSc1ccc(F)cc1. The van der Waals surface area contributed by atoms with Crippen molar-refractivity contribution in [3.63, 3.8) is 0 Å². The molecular weight excluding hydrogens is 295 g/mol. The van der Waals surface area contributed by atoms with Crippen LogP contribution in [0.5, 0.6) is 0 Å². The van der Waals surface area contributed by atoms with Gasteiger partial charge in [-0.05, 0) is 38.1 Å². The van der Waals surface area contributed by atoms with E-state index in [1.807, 2.05) is 4.57 Å². The minimum Gasteiger partial charge on any atom is -0.368 e. The minimum absolute atomic E-state index is 0.204. The van der Waals surface area contributed by atoms with Crippen LogP contribution in [0.2, 0.25) is 0 Å². The largest absolute Gasteiger partial charge is 0.368 e. The summed E-state index contributed by atoms with van der Waals surface area (Å²) >= 11 is 3.33. The van der Waals surface area contributed by atoms with E-state index in [2.05, 4.69) is 24.0 Å². The molecule has 1 aromatic carbocycles. The highest BCUT2D eigenvalue weighted by molar-refractivity contribution is 8.02. The fourth-order valence-electron chi connectivity index (χ4n) is 1.70. The molecule has 0 atom stereocenters. The third-order valence-corrected chi connectivity index (χ3v) is 4.82. The maximum absolute atomic E-state index is 12.8. The number of benzene rings is 1. The fraction of sp³-hybridized carbons (Fsp3) is 0.385. The zero-order valence-corrected chi connectivity index (χ0v) is 13.0. The second-order valence-corrected chi connectivity index (χ2v) is 6.69. The zero-order valence-electron chi connectivity index (χ0n) is 11.4. The molecule has 2 aromatic rings. The van der Waals surface area contributed by atoms with Crippen LogP contribution < -0.4 is 5.73 Å². The van der Waals surface area contributed by atoms with Crippen LogP contribution in [0, 0.1) is 5.82 Å². The molecule has 7 heteroatoms. The van der Waals surface area contributed by atoms with Crippen molar-refractivity contribution in [1.82, 2.24) is 14.8 Å². The van der Waals surface area contributed by atoms with Crippen LogP contribution >= 0.6 is 23.5 Å². The van der Waals surface area contributed by atoms with Crippen LogP contribution in [0.25, 0.3) is 0 Å². The number of anilines is 1. The average molecular weight is 312 g/mol. The molecule has 0 aliphatic heterocycles. The number of thioether (sulfide) groups is 2. The molecule has 20 heavy (non-hydrogen) atoms. The lowest BCUT2D eigenvalue weighted by atomic mass is 10.4. The van der Waals surface area contributed by atoms with Crippen LogP contribution in [-0.4, -0.2) is 26.3 Å². The summed E-state index contributed by atoms with van der Waals surface area (Å²) in [7, 11) is 0. The van der Waals surface area contributed by atoms with E-state index in [9.17, 15) is 4.39 Å². The summed E-state index contributed by atoms with van der Waals surface area (Å²) in [6.45, 7) is 4.11. The Morgan fingerprint density at radius 3 is 2.45 bits per heavy atom. The molecule has 1 heterocycles. The van der Waals surface area contributed by atoms with Crippen LogP contribution in [0.1, 0.15) is 19.9 Å². The van der Waals surface area contributed by atoms with Gasteiger partial charge in [0.25, 0.3) is 0 Å². The van der Waals surface area contributed by atoms with Gasteiger partial charge in [-0.2, -0.15) is 0 Å². The molecule has 0 saturated carbocycles. The monoisotopic (exact) mass is 312 g/mol. The first-order chi connectivity index (χ1) is 9.58. The van der Waals surface area contributed by atoms with Crippen molar-refractivity contribution in [2.24, 2.45) is 0 Å². The molecule has 0 amide bonds. The molecule has 0 radical (unpaired) electrons. The van der Waals surface area contributed by atoms with Crippen molar-refractivity contribution in [1.29, 1.82) is 0 Å². The van der Waals surface area contributed by atoms with Gasteiger partial charge in [-0.3, -0.25) is 4.57 Å². The van der Waals surface area contributed by atoms with Gasteiger partial charge in [-0.15, -0.1) is 22.0 Å². The molecule has 0 bridgehead atoms. The predicted molar refractivity (Wildman–Crippen MR) is 82.7 cm³/mol. The normalized spacial score (nSPS) is 11.2. The highest BCUT2D eigenvalue weighted by Gasteiger charge is 2.12. The number of rotatable bonds is 6. The number of hydrogen-bond acceptors (Lipinski definition) is 5. The zero-order chi connectivity index (χ0) is 14.5. The molecule has 108 valence electrons. The van der Waals surface area contributed by atoms with Gasteiger partial charge in [-0.1, -0.05) is 11.8 Å². The summed E-state index contributed by atoms with van der Waals surface area (Å²) in [5, 5.41) is 8.84. The van der Waals surface area contributed by atoms with Gasteiger partial charge >= 0.3 is 0 Å². The number of nitrogen functional groups attached to an aromatic ring is 1. The van der Waals surface area contributed by atoms with E-state index in [0.717, 1.165) is 21.6 Å². The Bertz CT molecular complexity index is 554. The topological polar surface area (TPSA) is 56.7 Å². The summed E-state index contributed by atoms with van der Waals surface area (Å²) < 4.78 is 14.7. The second kappa shape index (κ2) is 6.99. The minimum atomic E-state index is -0.204. The van der Waals surface area contributed by atoms with Gasteiger partial charge in [-0.25, -0.2) is 4.39 Å². The van der Waals surface area contributed by atoms with Crippen LogP contribution in [0.15, 0.2) is 34.3 Å². The molecule has 0 aliphatic carbocycles. The molecule has 2 N–H and O–H groups in total. The first kappa shape index (κ1) is 15.2. The van der Waals surface area contributed by atoms with Crippen molar-refractivity contribution in [3.8, 4) is 0 Å². The summed E-state index contributed by atoms with van der Waals surface area (Å²) in [5.74, 6) is 2.06. The molecule has 2 rings (SSSR count). The molecule has 0 aliphatic rings. The lowest BCUT2D eigenvalue weighted by Gasteiger charge is -2.11. The highest BCUT2D eigenvalue weighted by Crippen LogP contribution is 2.25. The molecule has 0 spiro atoms. The first-order valence-electron chi connectivity index (χ1n) is 6.29. The van der Waals surface area contributed by atoms with E-state index in [1.54, 1.807) is 35.7 Å². The van der Waals surface area contributed by atoms with E-state index in [1.165, 1.54) is 12.1 Å². The van der Waals surface area contributed by atoms with Crippen molar-refractivity contribution >= 4 is 29.5 Å². The third-order valence-electron chi connectivity index (χ3n) is 2.60. The van der Waals surface area contributed by atoms with Gasteiger partial charge in [0.1, 0.15) is 5.82 Å². The Hall–Kier alpha value is -1.21. The lowest BCUT2D eigenvalue weighted by molar-refractivity contribution is 0.557. The maximum atomic E-state index is 12.8. The van der Waals surface area contributed by atoms with Crippen LogP contribution in [0.3, 0.4) is 0 Å². The predicted octanol–water partition coefficient (Wildman–Crippen LogP) is 3.46. The molecule has 0 fully saturated rings. The van der Waals surface area contributed by atoms with Gasteiger partial charge < -0.3 is 5.73 Å². The van der Waals surface area contributed by atoms with Gasteiger partial charge in [0.15, 0.2) is 5.16 Å². The first-order valence-corrected chi connectivity index (χ1v) is 8.26. The summed E-state index contributed by atoms with van der Waals surface area (Å²) in [6.07, 6.45) is 0. The quantitative estimate of drug-likeness (QED) is 0.654. The fourth-order valence-corrected chi connectivity index (χ4v) is 3.65. The standard InChI is InChI=1S/C13H17FN4S2/c1-9(2)18-12(15)16-17-13(18)20-8-7-19-11-5-3-10(14)4-6-11/h3-6,9H,7-8H2,1-2H3,(H2,15,16). The van der Waals surface area contributed by atoms with Crippen molar-refractivity contribution < 1.29 is 4.39 Å². The molecule has 0 saturated heterocycles. The molecule has 1 aromatic heterocycles. The Balaban J connectivity index is 1.83. The Morgan fingerprint density at radius 1 is 1.15 bits per heavy atom. The van der Waals surface area contributed by atoms with E-state index in [0.29, 0.717) is 5.95 Å². The molecule has 0 unspecified atom stereocenters. The molecule has 4 nitrogen and oxygen atoms in total. The number of nitrogens with two attached hydrogens (primary N) is 1. The van der Waals surface area contributed by atoms with Crippen LogP contribution in [-0.2, 0) is 0 Å². The Morgan fingerprint density at radius 2 is 1.80 bits per heavy atom. The maximum Gasteiger partial charge on any atom is 0.222 e. The van der Waals surface area contributed by atoms with Crippen molar-refractivity contribution in [2.45, 2.75) is 29.9 Å². The number of aromatic nitrogens is 3. The third kappa shape index (κ3) is 3.89. The molecular formula is C13H17FN4S2. The average Bonchev–Trinajstić information content (AvgIpc) is 2.78. The van der Waals surface area contributed by atoms with Gasteiger partial charge in [0.05, 0.1) is 0 Å². The Labute approximate surface area is 126 Å². The van der Waals surface area contributed by atoms with E-state index >= 15 is 0 Å². The highest BCUT2D eigenvalue weighted by atomic mass is 32.2. The lowest BCUT2D eigenvalue weighted by Crippen LogP contribution is -2.07. The summed E-state index contributed by atoms with van der Waals surface area (Å²) in [4.78, 5) is 1.07. The van der Waals surface area contributed by atoms with E-state index in [-0.39, 0.29) is 11.9 Å². The van der Waals surface area contributed by atoms with Crippen molar-refractivity contribution in [2.75, 3.05) is 17.2 Å². The number of hydrogen-bond donors (Lipinski definition) is 1. The summed E-state index contributed by atoms with van der Waals surface area (Å²) in [5.41, 5.74) is 5.79. The second-order valence-electron chi connectivity index (χ2n) is 4.46. The van der Waals surface area contributed by atoms with Gasteiger partial charge in [0.2, 0.25) is 5.95 Å². The number of halogens is 1. The van der Waals surface area contributed by atoms with E-state index < -0.39 is 0 Å².